The smallest absolute Gasteiger partial charge is 0.162 e. The molecule has 0 N–H and O–H groups in total. The fourth-order valence-electron chi connectivity index (χ4n) is 3.39. The fourth-order valence-corrected chi connectivity index (χ4v) is 3.39. The molecule has 1 aliphatic carbocycles. The molecule has 1 aliphatic rings. The summed E-state index contributed by atoms with van der Waals surface area (Å²) in [5.74, 6) is 0.578. The zero-order valence-electron chi connectivity index (χ0n) is 13.1. The van der Waals surface area contributed by atoms with Crippen molar-refractivity contribution in [3.8, 4) is 0 Å². The number of benzene rings is 1. The second-order valence-electron chi connectivity index (χ2n) is 6.34. The topological polar surface area (TPSA) is 20.3 Å². The molecule has 0 saturated heterocycles. The first-order valence-corrected chi connectivity index (χ1v) is 8.07. The highest BCUT2D eigenvalue weighted by atomic mass is 19.1. The molecule has 3 heteroatoms. The molecule has 0 heterocycles. The highest BCUT2D eigenvalue weighted by Gasteiger charge is 2.24. The molecule has 0 aromatic heterocycles. The van der Waals surface area contributed by atoms with Crippen molar-refractivity contribution in [2.24, 2.45) is 5.92 Å². The molecule has 0 aliphatic heterocycles. The number of nitrogens with zero attached hydrogens (tertiary/aromatic N) is 1. The Morgan fingerprint density at radius 2 is 1.90 bits per heavy atom. The van der Waals surface area contributed by atoms with Gasteiger partial charge < -0.3 is 4.90 Å². The minimum Gasteiger partial charge on any atom is -0.303 e. The Morgan fingerprint density at radius 1 is 1.24 bits per heavy atom. The number of carbonyl (C=O) groups excluding carboxylic acids is 1. The SMILES string of the molecule is CC1CCCCC1N(C)CCCC(=O)c1ccc(F)cc1. The summed E-state index contributed by atoms with van der Waals surface area (Å²) in [5.41, 5.74) is 0.616. The van der Waals surface area contributed by atoms with Crippen molar-refractivity contribution in [3.05, 3.63) is 35.6 Å². The van der Waals surface area contributed by atoms with E-state index in [1.807, 2.05) is 0 Å². The molecule has 21 heavy (non-hydrogen) atoms. The second kappa shape index (κ2) is 7.69. The maximum absolute atomic E-state index is 12.8. The Labute approximate surface area is 127 Å². The van der Waals surface area contributed by atoms with E-state index < -0.39 is 0 Å². The Kier molecular flexibility index (Phi) is 5.92. The fraction of sp³-hybridized carbons (Fsp3) is 0.611. The van der Waals surface area contributed by atoms with E-state index in [4.69, 9.17) is 0 Å². The average Bonchev–Trinajstić information content (AvgIpc) is 2.48. The largest absolute Gasteiger partial charge is 0.303 e. The van der Waals surface area contributed by atoms with Crippen molar-refractivity contribution in [3.63, 3.8) is 0 Å². The molecule has 2 unspecified atom stereocenters. The van der Waals surface area contributed by atoms with Gasteiger partial charge >= 0.3 is 0 Å². The van der Waals surface area contributed by atoms with E-state index in [0.717, 1.165) is 18.9 Å². The highest BCUT2D eigenvalue weighted by molar-refractivity contribution is 5.95. The van der Waals surface area contributed by atoms with Crippen LogP contribution in [0.2, 0.25) is 0 Å². The number of rotatable bonds is 6. The standard InChI is InChI=1S/C18H26FNO/c1-14-6-3-4-7-17(14)20(2)13-5-8-18(21)15-9-11-16(19)12-10-15/h9-12,14,17H,3-8,13H2,1-2H3. The van der Waals surface area contributed by atoms with Gasteiger partial charge in [0.05, 0.1) is 0 Å². The Bertz CT molecular complexity index is 457. The molecule has 1 aromatic rings. The molecule has 0 spiro atoms. The third-order valence-corrected chi connectivity index (χ3v) is 4.71. The van der Waals surface area contributed by atoms with Crippen molar-refractivity contribution < 1.29 is 9.18 Å². The number of halogens is 1. The highest BCUT2D eigenvalue weighted by Crippen LogP contribution is 2.27. The van der Waals surface area contributed by atoms with Crippen molar-refractivity contribution >= 4 is 5.78 Å². The lowest BCUT2D eigenvalue weighted by Crippen LogP contribution is -2.39. The van der Waals surface area contributed by atoms with Gasteiger partial charge in [0.25, 0.3) is 0 Å². The van der Waals surface area contributed by atoms with Gasteiger partial charge in [0.2, 0.25) is 0 Å². The molecule has 0 bridgehead atoms. The molecule has 2 nitrogen and oxygen atoms in total. The molecule has 2 atom stereocenters. The minimum absolute atomic E-state index is 0.111. The van der Waals surface area contributed by atoms with Gasteiger partial charge in [-0.15, -0.1) is 0 Å². The van der Waals surface area contributed by atoms with Crippen LogP contribution in [-0.4, -0.2) is 30.3 Å². The third-order valence-electron chi connectivity index (χ3n) is 4.71. The van der Waals surface area contributed by atoms with Crippen LogP contribution in [0.25, 0.3) is 0 Å². The van der Waals surface area contributed by atoms with Crippen LogP contribution in [0.5, 0.6) is 0 Å². The lowest BCUT2D eigenvalue weighted by Gasteiger charge is -2.36. The average molecular weight is 291 g/mol. The summed E-state index contributed by atoms with van der Waals surface area (Å²) < 4.78 is 12.8. The van der Waals surface area contributed by atoms with Gasteiger partial charge in [-0.05, 0) is 63.0 Å². The van der Waals surface area contributed by atoms with Crippen molar-refractivity contribution in [2.45, 2.75) is 51.5 Å². The Balaban J connectivity index is 1.75. The van der Waals surface area contributed by atoms with Crippen LogP contribution in [0.15, 0.2) is 24.3 Å². The number of hydrogen-bond acceptors (Lipinski definition) is 2. The summed E-state index contributed by atoms with van der Waals surface area (Å²) in [5, 5.41) is 0. The zero-order chi connectivity index (χ0) is 15.2. The van der Waals surface area contributed by atoms with E-state index in [1.54, 1.807) is 12.1 Å². The van der Waals surface area contributed by atoms with Crippen LogP contribution in [-0.2, 0) is 0 Å². The molecule has 2 rings (SSSR count). The summed E-state index contributed by atoms with van der Waals surface area (Å²) in [4.78, 5) is 14.5. The lowest BCUT2D eigenvalue weighted by molar-refractivity contribution is 0.0962. The summed E-state index contributed by atoms with van der Waals surface area (Å²) >= 11 is 0. The lowest BCUT2D eigenvalue weighted by atomic mass is 9.85. The first-order valence-electron chi connectivity index (χ1n) is 8.07. The van der Waals surface area contributed by atoms with E-state index in [1.165, 1.54) is 37.8 Å². The van der Waals surface area contributed by atoms with Gasteiger partial charge in [-0.1, -0.05) is 19.8 Å². The van der Waals surface area contributed by atoms with Crippen molar-refractivity contribution in [1.29, 1.82) is 0 Å². The summed E-state index contributed by atoms with van der Waals surface area (Å²) in [6, 6.07) is 6.51. The Hall–Kier alpha value is -1.22. The molecule has 1 fully saturated rings. The van der Waals surface area contributed by atoms with Crippen molar-refractivity contribution in [2.75, 3.05) is 13.6 Å². The van der Waals surface area contributed by atoms with Crippen LogP contribution >= 0.6 is 0 Å². The molecule has 0 amide bonds. The van der Waals surface area contributed by atoms with Crippen LogP contribution < -0.4 is 0 Å². The number of carbonyl (C=O) groups is 1. The summed E-state index contributed by atoms with van der Waals surface area (Å²) in [6.07, 6.45) is 6.70. The van der Waals surface area contributed by atoms with Crippen LogP contribution in [0.4, 0.5) is 4.39 Å². The van der Waals surface area contributed by atoms with E-state index in [2.05, 4.69) is 18.9 Å². The molecule has 116 valence electrons. The summed E-state index contributed by atoms with van der Waals surface area (Å²) in [7, 11) is 2.18. The normalized spacial score (nSPS) is 22.5. The predicted octanol–water partition coefficient (Wildman–Crippen LogP) is 4.30. The van der Waals surface area contributed by atoms with Crippen LogP contribution in [0.3, 0.4) is 0 Å². The first kappa shape index (κ1) is 16.2. The van der Waals surface area contributed by atoms with Gasteiger partial charge in [0, 0.05) is 18.0 Å². The number of ketones is 1. The van der Waals surface area contributed by atoms with Gasteiger partial charge in [0.1, 0.15) is 5.82 Å². The van der Waals surface area contributed by atoms with Crippen LogP contribution in [0, 0.1) is 11.7 Å². The predicted molar refractivity (Wildman–Crippen MR) is 84.0 cm³/mol. The van der Waals surface area contributed by atoms with Crippen LogP contribution in [0.1, 0.15) is 55.8 Å². The Morgan fingerprint density at radius 3 is 2.57 bits per heavy atom. The van der Waals surface area contributed by atoms with E-state index >= 15 is 0 Å². The molecule has 1 saturated carbocycles. The zero-order valence-corrected chi connectivity index (χ0v) is 13.1. The molecular formula is C18H26FNO. The van der Waals surface area contributed by atoms with Gasteiger partial charge in [-0.2, -0.15) is 0 Å². The van der Waals surface area contributed by atoms with Gasteiger partial charge in [-0.25, -0.2) is 4.39 Å². The molecule has 1 aromatic carbocycles. The van der Waals surface area contributed by atoms with E-state index in [0.29, 0.717) is 18.0 Å². The monoisotopic (exact) mass is 291 g/mol. The van der Waals surface area contributed by atoms with E-state index in [-0.39, 0.29) is 11.6 Å². The van der Waals surface area contributed by atoms with Gasteiger partial charge in [0.15, 0.2) is 5.78 Å². The first-order chi connectivity index (χ1) is 10.1. The third kappa shape index (κ3) is 4.63. The second-order valence-corrected chi connectivity index (χ2v) is 6.34. The van der Waals surface area contributed by atoms with Crippen molar-refractivity contribution in [1.82, 2.24) is 4.90 Å². The quantitative estimate of drug-likeness (QED) is 0.728. The number of Topliss-reactive ketones (excluding diaryl/α,β-unsaturated/α-hetero) is 1. The summed E-state index contributed by atoms with van der Waals surface area (Å²) in [6.45, 7) is 3.30. The molecular weight excluding hydrogens is 265 g/mol. The number of hydrogen-bond donors (Lipinski definition) is 0. The van der Waals surface area contributed by atoms with E-state index in [9.17, 15) is 9.18 Å². The maximum Gasteiger partial charge on any atom is 0.162 e. The molecule has 0 radical (unpaired) electrons. The minimum atomic E-state index is -0.294. The van der Waals surface area contributed by atoms with Gasteiger partial charge in [-0.3, -0.25) is 4.79 Å². The maximum atomic E-state index is 12.8.